The Morgan fingerprint density at radius 3 is 2.00 bits per heavy atom. The van der Waals surface area contributed by atoms with Crippen LogP contribution in [-0.4, -0.2) is 22.8 Å². The first-order valence-electron chi connectivity index (χ1n) is 5.22. The molecule has 16 heavy (non-hydrogen) atoms. The Labute approximate surface area is 101 Å². The van der Waals surface area contributed by atoms with Crippen LogP contribution >= 0.6 is 12.2 Å². The van der Waals surface area contributed by atoms with Crippen LogP contribution in [0.1, 0.15) is 33.6 Å². The van der Waals surface area contributed by atoms with Gasteiger partial charge in [-0.05, 0) is 19.8 Å². The zero-order valence-electron chi connectivity index (χ0n) is 9.87. The summed E-state index contributed by atoms with van der Waals surface area (Å²) < 4.78 is 0. The van der Waals surface area contributed by atoms with E-state index >= 15 is 0 Å². The summed E-state index contributed by atoms with van der Waals surface area (Å²) in [5.41, 5.74) is 9.78. The zero-order chi connectivity index (χ0) is 12.9. The van der Waals surface area contributed by atoms with Crippen LogP contribution in [0.3, 0.4) is 0 Å². The van der Waals surface area contributed by atoms with Gasteiger partial charge >= 0.3 is 0 Å². The summed E-state index contributed by atoms with van der Waals surface area (Å²) in [5, 5.41) is 2.52. The van der Waals surface area contributed by atoms with E-state index in [1.165, 1.54) is 6.92 Å². The van der Waals surface area contributed by atoms with Crippen LogP contribution < -0.4 is 16.8 Å². The van der Waals surface area contributed by atoms with E-state index in [0.717, 1.165) is 0 Å². The second-order valence-corrected chi connectivity index (χ2v) is 4.19. The Morgan fingerprint density at radius 2 is 1.75 bits per heavy atom. The molecule has 5 N–H and O–H groups in total. The second-order valence-electron chi connectivity index (χ2n) is 3.75. The van der Waals surface area contributed by atoms with Crippen LogP contribution in [0.15, 0.2) is 0 Å². The topological polar surface area (TPSA) is 98.2 Å². The number of hydrogen-bond acceptors (Lipinski definition) is 3. The Hall–Kier alpha value is -1.17. The van der Waals surface area contributed by atoms with Gasteiger partial charge in [0.05, 0.1) is 10.4 Å². The normalized spacial score (nSPS) is 12.9. The second kappa shape index (κ2) is 5.79. The predicted octanol–water partition coefficient (Wildman–Crippen LogP) is 0.0689. The van der Waals surface area contributed by atoms with Gasteiger partial charge in [0.15, 0.2) is 0 Å². The first-order chi connectivity index (χ1) is 7.31. The fourth-order valence-electron chi connectivity index (χ4n) is 1.44. The minimum Gasteiger partial charge on any atom is -0.392 e. The Kier molecular flexibility index (Phi) is 5.37. The molecular weight excluding hydrogens is 226 g/mol. The van der Waals surface area contributed by atoms with E-state index in [4.69, 9.17) is 23.7 Å². The van der Waals surface area contributed by atoms with E-state index in [-0.39, 0.29) is 10.9 Å². The number of hydrogen-bond donors (Lipinski definition) is 3. The van der Waals surface area contributed by atoms with E-state index < -0.39 is 17.4 Å². The molecule has 0 rings (SSSR count). The van der Waals surface area contributed by atoms with Gasteiger partial charge in [-0.3, -0.25) is 9.59 Å². The number of nitrogens with one attached hydrogen (secondary N) is 1. The van der Waals surface area contributed by atoms with Crippen molar-refractivity contribution in [1.82, 2.24) is 5.32 Å². The molecular formula is C10H19N3O2S. The molecule has 1 atom stereocenters. The fourth-order valence-corrected chi connectivity index (χ4v) is 1.82. The highest BCUT2D eigenvalue weighted by molar-refractivity contribution is 7.80. The average Bonchev–Trinajstić information content (AvgIpc) is 2.19. The van der Waals surface area contributed by atoms with Crippen LogP contribution in [0.25, 0.3) is 0 Å². The van der Waals surface area contributed by atoms with E-state index in [9.17, 15) is 9.59 Å². The number of nitrogens with two attached hydrogens (primary N) is 2. The van der Waals surface area contributed by atoms with Crippen molar-refractivity contribution in [3.63, 3.8) is 0 Å². The molecule has 0 spiro atoms. The van der Waals surface area contributed by atoms with Gasteiger partial charge in [0, 0.05) is 0 Å². The third-order valence-electron chi connectivity index (χ3n) is 2.89. The number of carbonyl (C=O) groups is 2. The molecule has 0 heterocycles. The summed E-state index contributed by atoms with van der Waals surface area (Å²) >= 11 is 4.92. The average molecular weight is 245 g/mol. The van der Waals surface area contributed by atoms with Crippen LogP contribution in [-0.2, 0) is 9.59 Å². The highest BCUT2D eigenvalue weighted by Gasteiger charge is 2.38. The third kappa shape index (κ3) is 2.91. The predicted molar refractivity (Wildman–Crippen MR) is 66.6 cm³/mol. The smallest absolute Gasteiger partial charge is 0.239 e. The highest BCUT2D eigenvalue weighted by atomic mass is 32.1. The summed E-state index contributed by atoms with van der Waals surface area (Å²) in [4.78, 5) is 23.0. The molecule has 0 radical (unpaired) electrons. The maximum Gasteiger partial charge on any atom is 0.239 e. The van der Waals surface area contributed by atoms with Crippen LogP contribution in [0.2, 0.25) is 0 Å². The molecule has 5 nitrogen and oxygen atoms in total. The molecule has 0 fully saturated rings. The summed E-state index contributed by atoms with van der Waals surface area (Å²) in [6, 6.07) is -0.723. The SMILES string of the molecule is CCC(CC)(C(=O)NC(C)C(N)=O)C(N)=S. The zero-order valence-corrected chi connectivity index (χ0v) is 10.7. The first-order valence-corrected chi connectivity index (χ1v) is 5.62. The molecule has 0 aliphatic heterocycles. The number of thiocarbonyl (C=S) groups is 1. The van der Waals surface area contributed by atoms with Gasteiger partial charge in [0.1, 0.15) is 6.04 Å². The molecule has 2 amide bonds. The standard InChI is InChI=1S/C10H19N3O2S/c1-4-10(5-2,8(12)16)9(15)13-6(3)7(11)14/h6H,4-5H2,1-3H3,(H2,11,14)(H2,12,16)(H,13,15). The molecule has 92 valence electrons. The first kappa shape index (κ1) is 14.8. The highest BCUT2D eigenvalue weighted by Crippen LogP contribution is 2.27. The number of carbonyl (C=O) groups excluding carboxylic acids is 2. The van der Waals surface area contributed by atoms with E-state index in [1.54, 1.807) is 0 Å². The van der Waals surface area contributed by atoms with E-state index in [1.807, 2.05) is 13.8 Å². The van der Waals surface area contributed by atoms with Crippen molar-refractivity contribution in [2.45, 2.75) is 39.7 Å². The minimum absolute atomic E-state index is 0.145. The molecule has 0 aliphatic rings. The van der Waals surface area contributed by atoms with E-state index in [0.29, 0.717) is 12.8 Å². The van der Waals surface area contributed by atoms with E-state index in [2.05, 4.69) is 5.32 Å². The lowest BCUT2D eigenvalue weighted by molar-refractivity contribution is -0.131. The van der Waals surface area contributed by atoms with Crippen molar-refractivity contribution in [2.24, 2.45) is 16.9 Å². The maximum atomic E-state index is 12.0. The lowest BCUT2D eigenvalue weighted by Gasteiger charge is -2.29. The van der Waals surface area contributed by atoms with Crippen LogP contribution in [0.4, 0.5) is 0 Å². The molecule has 6 heteroatoms. The van der Waals surface area contributed by atoms with Gasteiger partial charge in [-0.15, -0.1) is 0 Å². The van der Waals surface area contributed by atoms with Gasteiger partial charge < -0.3 is 16.8 Å². The fraction of sp³-hybridized carbons (Fsp3) is 0.700. The Bertz CT molecular complexity index is 300. The number of amides is 2. The molecule has 0 aromatic carbocycles. The van der Waals surface area contributed by atoms with Crippen molar-refractivity contribution in [1.29, 1.82) is 0 Å². The molecule has 0 aliphatic carbocycles. The molecule has 0 saturated heterocycles. The van der Waals surface area contributed by atoms with Crippen LogP contribution in [0, 0.1) is 5.41 Å². The maximum absolute atomic E-state index is 12.0. The van der Waals surface area contributed by atoms with Gasteiger partial charge in [-0.2, -0.15) is 0 Å². The van der Waals surface area contributed by atoms with Gasteiger partial charge in [0.2, 0.25) is 11.8 Å². The summed E-state index contributed by atoms with van der Waals surface area (Å²) in [6.07, 6.45) is 0.992. The molecule has 0 saturated carbocycles. The minimum atomic E-state index is -0.890. The van der Waals surface area contributed by atoms with Gasteiger partial charge in [0.25, 0.3) is 0 Å². The number of primary amides is 1. The lowest BCUT2D eigenvalue weighted by atomic mass is 9.81. The number of rotatable bonds is 6. The molecule has 0 aromatic heterocycles. The monoisotopic (exact) mass is 245 g/mol. The van der Waals surface area contributed by atoms with Crippen molar-refractivity contribution >= 4 is 29.0 Å². The van der Waals surface area contributed by atoms with Crippen molar-refractivity contribution in [2.75, 3.05) is 0 Å². The summed E-state index contributed by atoms with van der Waals surface area (Å²) in [6.45, 7) is 5.18. The quantitative estimate of drug-likeness (QED) is 0.577. The van der Waals surface area contributed by atoms with Crippen molar-refractivity contribution in [3.05, 3.63) is 0 Å². The van der Waals surface area contributed by atoms with Crippen molar-refractivity contribution in [3.8, 4) is 0 Å². The van der Waals surface area contributed by atoms with Gasteiger partial charge in [-0.25, -0.2) is 0 Å². The van der Waals surface area contributed by atoms with Gasteiger partial charge in [-0.1, -0.05) is 26.1 Å². The molecule has 0 bridgehead atoms. The largest absolute Gasteiger partial charge is 0.392 e. The Balaban J connectivity index is 4.90. The molecule has 1 unspecified atom stereocenters. The molecule has 0 aromatic rings. The Morgan fingerprint density at radius 1 is 1.31 bits per heavy atom. The third-order valence-corrected chi connectivity index (χ3v) is 3.28. The lowest BCUT2D eigenvalue weighted by Crippen LogP contribution is -2.53. The van der Waals surface area contributed by atoms with Crippen molar-refractivity contribution < 1.29 is 9.59 Å². The summed E-state index contributed by atoms with van der Waals surface area (Å²) in [7, 11) is 0. The van der Waals surface area contributed by atoms with Crippen LogP contribution in [0.5, 0.6) is 0 Å². The summed E-state index contributed by atoms with van der Waals surface area (Å²) in [5.74, 6) is -0.923.